The summed E-state index contributed by atoms with van der Waals surface area (Å²) in [5.74, 6) is 1.12. The third-order valence-electron chi connectivity index (χ3n) is 2.32. The summed E-state index contributed by atoms with van der Waals surface area (Å²) in [4.78, 5) is 0. The van der Waals surface area contributed by atoms with E-state index in [9.17, 15) is 13.2 Å². The topological polar surface area (TPSA) is 12.0 Å². The number of anilines is 1. The summed E-state index contributed by atoms with van der Waals surface area (Å²) in [6, 6.07) is 5.14. The maximum Gasteiger partial charge on any atom is 0.416 e. The van der Waals surface area contributed by atoms with E-state index in [0.717, 1.165) is 43.0 Å². The van der Waals surface area contributed by atoms with E-state index < -0.39 is 11.7 Å². The van der Waals surface area contributed by atoms with E-state index in [-0.39, 0.29) is 0 Å². The van der Waals surface area contributed by atoms with Crippen LogP contribution in [0.5, 0.6) is 0 Å². The molecule has 0 aromatic heterocycles. The van der Waals surface area contributed by atoms with Crippen LogP contribution in [0, 0.1) is 0 Å². The lowest BCUT2D eigenvalue weighted by Gasteiger charge is -2.09. The maximum absolute atomic E-state index is 12.3. The largest absolute Gasteiger partial charge is 0.416 e. The molecule has 0 fully saturated rings. The molecule has 1 aromatic rings. The highest BCUT2D eigenvalue weighted by molar-refractivity contribution is 7.98. The molecule has 1 nitrogen and oxygen atoms in total. The van der Waals surface area contributed by atoms with E-state index in [1.807, 2.05) is 0 Å². The number of halogens is 3. The highest BCUT2D eigenvalue weighted by Crippen LogP contribution is 2.29. The van der Waals surface area contributed by atoms with Crippen molar-refractivity contribution in [2.45, 2.75) is 19.0 Å². The first-order valence-electron chi connectivity index (χ1n) is 5.44. The van der Waals surface area contributed by atoms with Crippen molar-refractivity contribution in [3.8, 4) is 0 Å². The summed E-state index contributed by atoms with van der Waals surface area (Å²) in [5, 5.41) is 3.11. The van der Waals surface area contributed by atoms with Crippen LogP contribution in [0.1, 0.15) is 18.4 Å². The van der Waals surface area contributed by atoms with Crippen LogP contribution in [-0.4, -0.2) is 18.6 Å². The fraction of sp³-hybridized carbons (Fsp3) is 0.500. The SMILES string of the molecule is CSCCCCNc1ccc(C(F)(F)F)cc1. The van der Waals surface area contributed by atoms with Gasteiger partial charge in [-0.1, -0.05) is 0 Å². The molecular formula is C12H16F3NS. The fourth-order valence-corrected chi connectivity index (χ4v) is 1.87. The molecule has 96 valence electrons. The second-order valence-corrected chi connectivity index (χ2v) is 4.69. The molecule has 0 amide bonds. The monoisotopic (exact) mass is 263 g/mol. The Balaban J connectivity index is 2.36. The summed E-state index contributed by atoms with van der Waals surface area (Å²) in [7, 11) is 0. The molecule has 0 bridgehead atoms. The van der Waals surface area contributed by atoms with Gasteiger partial charge < -0.3 is 5.32 Å². The molecule has 0 aliphatic carbocycles. The van der Waals surface area contributed by atoms with Gasteiger partial charge in [0.2, 0.25) is 0 Å². The van der Waals surface area contributed by atoms with Crippen molar-refractivity contribution >= 4 is 17.4 Å². The molecule has 1 rings (SSSR count). The molecule has 0 aliphatic heterocycles. The Labute approximate surface area is 104 Å². The van der Waals surface area contributed by atoms with Crippen molar-refractivity contribution in [2.24, 2.45) is 0 Å². The van der Waals surface area contributed by atoms with Gasteiger partial charge in [0.05, 0.1) is 5.56 Å². The first-order chi connectivity index (χ1) is 8.04. The minimum absolute atomic E-state index is 0.606. The molecular weight excluding hydrogens is 247 g/mol. The molecule has 0 aliphatic rings. The highest BCUT2D eigenvalue weighted by Gasteiger charge is 2.29. The van der Waals surface area contributed by atoms with E-state index in [4.69, 9.17) is 0 Å². The van der Waals surface area contributed by atoms with E-state index >= 15 is 0 Å². The predicted molar refractivity (Wildman–Crippen MR) is 67.5 cm³/mol. The summed E-state index contributed by atoms with van der Waals surface area (Å²) in [6.45, 7) is 0.798. The first kappa shape index (κ1) is 14.2. The van der Waals surface area contributed by atoms with Gasteiger partial charge in [0.25, 0.3) is 0 Å². The van der Waals surface area contributed by atoms with Crippen molar-refractivity contribution in [2.75, 3.05) is 23.9 Å². The zero-order valence-electron chi connectivity index (χ0n) is 9.68. The van der Waals surface area contributed by atoms with Crippen LogP contribution in [0.25, 0.3) is 0 Å². The Kier molecular flexibility index (Phi) is 5.68. The molecule has 1 N–H and O–H groups in total. The van der Waals surface area contributed by atoms with Gasteiger partial charge in [-0.3, -0.25) is 0 Å². The molecule has 0 unspecified atom stereocenters. The summed E-state index contributed by atoms with van der Waals surface area (Å²) >= 11 is 1.80. The zero-order valence-corrected chi connectivity index (χ0v) is 10.5. The van der Waals surface area contributed by atoms with Gasteiger partial charge in [0.1, 0.15) is 0 Å². The first-order valence-corrected chi connectivity index (χ1v) is 6.83. The van der Waals surface area contributed by atoms with Crippen LogP contribution >= 0.6 is 11.8 Å². The van der Waals surface area contributed by atoms with Crippen molar-refractivity contribution < 1.29 is 13.2 Å². The quantitative estimate of drug-likeness (QED) is 0.770. The fourth-order valence-electron chi connectivity index (χ4n) is 1.38. The van der Waals surface area contributed by atoms with Gasteiger partial charge in [0, 0.05) is 12.2 Å². The molecule has 0 heterocycles. The highest BCUT2D eigenvalue weighted by atomic mass is 32.2. The Bertz CT molecular complexity index is 322. The van der Waals surface area contributed by atoms with Gasteiger partial charge in [0.15, 0.2) is 0 Å². The normalized spacial score (nSPS) is 11.5. The number of nitrogens with one attached hydrogen (secondary N) is 1. The van der Waals surface area contributed by atoms with Crippen LogP contribution in [0.3, 0.4) is 0 Å². The van der Waals surface area contributed by atoms with Crippen molar-refractivity contribution in [3.63, 3.8) is 0 Å². The van der Waals surface area contributed by atoms with E-state index in [0.29, 0.717) is 0 Å². The summed E-state index contributed by atoms with van der Waals surface area (Å²) in [6.07, 6.45) is -0.0448. The van der Waals surface area contributed by atoms with Gasteiger partial charge in [-0.15, -0.1) is 0 Å². The second-order valence-electron chi connectivity index (χ2n) is 3.70. The minimum Gasteiger partial charge on any atom is -0.385 e. The van der Waals surface area contributed by atoms with Crippen molar-refractivity contribution in [1.29, 1.82) is 0 Å². The van der Waals surface area contributed by atoms with Crippen molar-refractivity contribution in [1.82, 2.24) is 0 Å². The lowest BCUT2D eigenvalue weighted by Crippen LogP contribution is -2.06. The lowest BCUT2D eigenvalue weighted by atomic mass is 10.2. The van der Waals surface area contributed by atoms with Gasteiger partial charge in [-0.25, -0.2) is 0 Å². The lowest BCUT2D eigenvalue weighted by molar-refractivity contribution is -0.137. The molecule has 0 atom stereocenters. The molecule has 0 spiro atoms. The average Bonchev–Trinajstić information content (AvgIpc) is 2.28. The Hall–Kier alpha value is -0.840. The van der Waals surface area contributed by atoms with Gasteiger partial charge >= 0.3 is 6.18 Å². The molecule has 1 aromatic carbocycles. The van der Waals surface area contributed by atoms with Crippen LogP contribution in [-0.2, 0) is 6.18 Å². The van der Waals surface area contributed by atoms with Crippen molar-refractivity contribution in [3.05, 3.63) is 29.8 Å². The molecule has 0 saturated heterocycles. The Morgan fingerprint density at radius 2 is 1.76 bits per heavy atom. The van der Waals surface area contributed by atoms with Gasteiger partial charge in [-0.2, -0.15) is 24.9 Å². The van der Waals surface area contributed by atoms with Crippen LogP contribution in [0.4, 0.5) is 18.9 Å². The van der Waals surface area contributed by atoms with Crippen LogP contribution < -0.4 is 5.32 Å². The number of hydrogen-bond donors (Lipinski definition) is 1. The number of hydrogen-bond acceptors (Lipinski definition) is 2. The third-order valence-corrected chi connectivity index (χ3v) is 3.01. The standard InChI is InChI=1S/C12H16F3NS/c1-17-9-3-2-8-16-11-6-4-10(5-7-11)12(13,14)15/h4-7,16H,2-3,8-9H2,1H3. The molecule has 0 saturated carbocycles. The molecule has 5 heteroatoms. The maximum atomic E-state index is 12.3. The number of unbranched alkanes of at least 4 members (excludes halogenated alkanes) is 1. The predicted octanol–water partition coefficient (Wildman–Crippen LogP) is 4.26. The summed E-state index contributed by atoms with van der Waals surface area (Å²) in [5.41, 5.74) is 0.132. The van der Waals surface area contributed by atoms with E-state index in [1.54, 1.807) is 11.8 Å². The van der Waals surface area contributed by atoms with E-state index in [2.05, 4.69) is 11.6 Å². The number of benzene rings is 1. The molecule has 0 radical (unpaired) electrons. The number of alkyl halides is 3. The molecule has 17 heavy (non-hydrogen) atoms. The number of thioether (sulfide) groups is 1. The van der Waals surface area contributed by atoms with E-state index in [1.165, 1.54) is 12.1 Å². The smallest absolute Gasteiger partial charge is 0.385 e. The minimum atomic E-state index is -4.25. The zero-order chi connectivity index (χ0) is 12.7. The summed E-state index contributed by atoms with van der Waals surface area (Å²) < 4.78 is 36.9. The Morgan fingerprint density at radius 3 is 2.29 bits per heavy atom. The van der Waals surface area contributed by atoms with Crippen LogP contribution in [0.2, 0.25) is 0 Å². The number of rotatable bonds is 6. The van der Waals surface area contributed by atoms with Crippen LogP contribution in [0.15, 0.2) is 24.3 Å². The second kappa shape index (κ2) is 6.79. The van der Waals surface area contributed by atoms with Gasteiger partial charge in [-0.05, 0) is 49.1 Å². The average molecular weight is 263 g/mol. The third kappa shape index (κ3) is 5.35. The Morgan fingerprint density at radius 1 is 1.12 bits per heavy atom.